The van der Waals surface area contributed by atoms with Crippen LogP contribution in [0.3, 0.4) is 0 Å². The van der Waals surface area contributed by atoms with Gasteiger partial charge in [-0.1, -0.05) is 0 Å². The quantitative estimate of drug-likeness (QED) is 0.525. The van der Waals surface area contributed by atoms with E-state index in [9.17, 15) is 9.59 Å². The molecule has 0 saturated carbocycles. The number of benzene rings is 1. The van der Waals surface area contributed by atoms with Crippen molar-refractivity contribution < 1.29 is 19.1 Å². The molecule has 1 aromatic rings. The maximum atomic E-state index is 11.1. The van der Waals surface area contributed by atoms with Gasteiger partial charge < -0.3 is 14.4 Å². The van der Waals surface area contributed by atoms with E-state index in [1.165, 1.54) is 11.9 Å². The molecule has 1 aromatic carbocycles. The Hall–Kier alpha value is -2.04. The molecule has 0 aliphatic carbocycles. The zero-order valence-corrected chi connectivity index (χ0v) is 8.10. The molecule has 2 rings (SSSR count). The summed E-state index contributed by atoms with van der Waals surface area (Å²) in [6.07, 6.45) is 0.268. The first kappa shape index (κ1) is 9.51. The minimum Gasteiger partial charge on any atom is -0.454 e. The lowest BCUT2D eigenvalue weighted by Gasteiger charge is -2.13. The first-order chi connectivity index (χ1) is 7.22. The fourth-order valence-electron chi connectivity index (χ4n) is 1.30. The van der Waals surface area contributed by atoms with E-state index >= 15 is 0 Å². The number of nitrogens with zero attached hydrogens (tertiary/aromatic N) is 1. The maximum absolute atomic E-state index is 11.1. The summed E-state index contributed by atoms with van der Waals surface area (Å²) in [6.45, 7) is 0.185. The number of carbonyl (C=O) groups excluding carboxylic acids is 2. The molecule has 1 aliphatic heterocycles. The maximum Gasteiger partial charge on any atom is 0.290 e. The zero-order chi connectivity index (χ0) is 10.8. The van der Waals surface area contributed by atoms with Crippen molar-refractivity contribution in [2.45, 2.75) is 0 Å². The molecular formula is C10H9NO4. The van der Waals surface area contributed by atoms with Gasteiger partial charge in [0.05, 0.1) is 0 Å². The van der Waals surface area contributed by atoms with Gasteiger partial charge in [-0.05, 0) is 12.1 Å². The lowest BCUT2D eigenvalue weighted by molar-refractivity contribution is -0.129. The van der Waals surface area contributed by atoms with E-state index in [1.54, 1.807) is 18.2 Å². The zero-order valence-electron chi connectivity index (χ0n) is 8.10. The van der Waals surface area contributed by atoms with Crippen LogP contribution in [0.2, 0.25) is 0 Å². The normalized spacial score (nSPS) is 12.3. The molecule has 5 heteroatoms. The molecular weight excluding hydrogens is 198 g/mol. The van der Waals surface area contributed by atoms with Crippen LogP contribution in [-0.4, -0.2) is 26.0 Å². The number of anilines is 1. The van der Waals surface area contributed by atoms with Gasteiger partial charge >= 0.3 is 0 Å². The largest absolute Gasteiger partial charge is 0.454 e. The number of aldehydes is 1. The molecule has 0 unspecified atom stereocenters. The third-order valence-corrected chi connectivity index (χ3v) is 2.17. The highest BCUT2D eigenvalue weighted by molar-refractivity contribution is 6.30. The summed E-state index contributed by atoms with van der Waals surface area (Å²) in [5.41, 5.74) is 0.594. The van der Waals surface area contributed by atoms with Crippen molar-refractivity contribution in [3.8, 4) is 11.5 Å². The number of hydrogen-bond donors (Lipinski definition) is 0. The standard InChI is InChI=1S/C10H9NO4/c1-11(10(13)5-12)7-2-3-8-9(4-7)15-6-14-8/h2-5H,6H2,1H3. The van der Waals surface area contributed by atoms with Crippen LogP contribution in [0.25, 0.3) is 0 Å². The number of hydrogen-bond acceptors (Lipinski definition) is 4. The summed E-state index contributed by atoms with van der Waals surface area (Å²) in [5, 5.41) is 0. The van der Waals surface area contributed by atoms with Gasteiger partial charge in [0.15, 0.2) is 11.5 Å². The first-order valence-electron chi connectivity index (χ1n) is 4.35. The molecule has 0 bridgehead atoms. The highest BCUT2D eigenvalue weighted by Gasteiger charge is 2.16. The molecule has 0 fully saturated rings. The van der Waals surface area contributed by atoms with Gasteiger partial charge in [0.1, 0.15) is 0 Å². The monoisotopic (exact) mass is 207 g/mol. The van der Waals surface area contributed by atoms with Crippen LogP contribution < -0.4 is 14.4 Å². The van der Waals surface area contributed by atoms with Crippen molar-refractivity contribution in [3.63, 3.8) is 0 Å². The van der Waals surface area contributed by atoms with Crippen LogP contribution in [0.5, 0.6) is 11.5 Å². The van der Waals surface area contributed by atoms with Gasteiger partial charge in [-0.3, -0.25) is 9.59 Å². The van der Waals surface area contributed by atoms with E-state index in [2.05, 4.69) is 0 Å². The number of fused-ring (bicyclic) bond motifs is 1. The Balaban J connectivity index is 2.30. The van der Waals surface area contributed by atoms with E-state index in [1.807, 2.05) is 0 Å². The molecule has 0 radical (unpaired) electrons. The summed E-state index contributed by atoms with van der Waals surface area (Å²) in [7, 11) is 1.52. The second kappa shape index (κ2) is 3.61. The Labute approximate surface area is 86.2 Å². The lowest BCUT2D eigenvalue weighted by Crippen LogP contribution is -2.26. The predicted molar refractivity (Wildman–Crippen MR) is 52.0 cm³/mol. The van der Waals surface area contributed by atoms with Gasteiger partial charge in [0, 0.05) is 18.8 Å². The number of ether oxygens (including phenoxy) is 2. The van der Waals surface area contributed by atoms with Crippen LogP contribution in [0, 0.1) is 0 Å². The number of likely N-dealkylation sites (N-methyl/N-ethyl adjacent to an activating group) is 1. The molecule has 1 aliphatic rings. The van der Waals surface area contributed by atoms with E-state index in [4.69, 9.17) is 9.47 Å². The molecule has 0 atom stereocenters. The number of carbonyl (C=O) groups is 2. The Bertz CT molecular complexity index is 416. The van der Waals surface area contributed by atoms with E-state index in [-0.39, 0.29) is 13.1 Å². The van der Waals surface area contributed by atoms with Gasteiger partial charge in [-0.25, -0.2) is 0 Å². The Morgan fingerprint density at radius 2 is 2.13 bits per heavy atom. The van der Waals surface area contributed by atoms with E-state index < -0.39 is 5.91 Å². The summed E-state index contributed by atoms with van der Waals surface area (Å²) < 4.78 is 10.3. The van der Waals surface area contributed by atoms with Crippen LogP contribution in [0.4, 0.5) is 5.69 Å². The van der Waals surface area contributed by atoms with Gasteiger partial charge in [0.2, 0.25) is 13.1 Å². The Morgan fingerprint density at radius 3 is 2.87 bits per heavy atom. The first-order valence-corrected chi connectivity index (χ1v) is 4.35. The highest BCUT2D eigenvalue weighted by Crippen LogP contribution is 2.35. The summed E-state index contributed by atoms with van der Waals surface area (Å²) in [5.74, 6) is 0.623. The SMILES string of the molecule is CN(C(=O)C=O)c1ccc2c(c1)OCO2. The average molecular weight is 207 g/mol. The Kier molecular flexibility index (Phi) is 2.29. The van der Waals surface area contributed by atoms with Crippen molar-refractivity contribution in [2.75, 3.05) is 18.7 Å². The van der Waals surface area contributed by atoms with Crippen LogP contribution in [-0.2, 0) is 9.59 Å². The average Bonchev–Trinajstić information content (AvgIpc) is 2.73. The number of amides is 1. The predicted octanol–water partition coefficient (Wildman–Crippen LogP) is 0.577. The summed E-state index contributed by atoms with van der Waals surface area (Å²) in [6, 6.07) is 5.05. The van der Waals surface area contributed by atoms with Crippen molar-refractivity contribution in [1.29, 1.82) is 0 Å². The second-order valence-electron chi connectivity index (χ2n) is 3.05. The number of rotatable bonds is 2. The summed E-state index contributed by atoms with van der Waals surface area (Å²) >= 11 is 0. The van der Waals surface area contributed by atoms with Gasteiger partial charge in [-0.2, -0.15) is 0 Å². The minimum absolute atomic E-state index is 0.185. The topological polar surface area (TPSA) is 55.8 Å². The minimum atomic E-state index is -0.603. The van der Waals surface area contributed by atoms with Crippen molar-refractivity contribution in [2.24, 2.45) is 0 Å². The van der Waals surface area contributed by atoms with E-state index in [0.717, 1.165) is 0 Å². The molecule has 1 amide bonds. The van der Waals surface area contributed by atoms with Crippen molar-refractivity contribution in [3.05, 3.63) is 18.2 Å². The van der Waals surface area contributed by atoms with Crippen LogP contribution >= 0.6 is 0 Å². The fourth-order valence-corrected chi connectivity index (χ4v) is 1.30. The molecule has 78 valence electrons. The van der Waals surface area contributed by atoms with E-state index in [0.29, 0.717) is 17.2 Å². The van der Waals surface area contributed by atoms with Gasteiger partial charge in [0.25, 0.3) is 5.91 Å². The molecule has 0 aromatic heterocycles. The second-order valence-corrected chi connectivity index (χ2v) is 3.05. The molecule has 0 saturated heterocycles. The highest BCUT2D eigenvalue weighted by atomic mass is 16.7. The molecule has 5 nitrogen and oxygen atoms in total. The fraction of sp³-hybridized carbons (Fsp3) is 0.200. The van der Waals surface area contributed by atoms with Gasteiger partial charge in [-0.15, -0.1) is 0 Å². The third kappa shape index (κ3) is 1.63. The molecule has 1 heterocycles. The van der Waals surface area contributed by atoms with Crippen LogP contribution in [0.15, 0.2) is 18.2 Å². The third-order valence-electron chi connectivity index (χ3n) is 2.17. The van der Waals surface area contributed by atoms with Crippen molar-refractivity contribution in [1.82, 2.24) is 0 Å². The van der Waals surface area contributed by atoms with Crippen LogP contribution in [0.1, 0.15) is 0 Å². The van der Waals surface area contributed by atoms with Crippen molar-refractivity contribution >= 4 is 17.9 Å². The Morgan fingerprint density at radius 1 is 1.40 bits per heavy atom. The molecule has 0 N–H and O–H groups in total. The smallest absolute Gasteiger partial charge is 0.290 e. The molecule has 15 heavy (non-hydrogen) atoms. The lowest BCUT2D eigenvalue weighted by atomic mass is 10.2. The molecule has 0 spiro atoms. The summed E-state index contributed by atoms with van der Waals surface area (Å²) in [4.78, 5) is 22.6.